The van der Waals surface area contributed by atoms with Gasteiger partial charge in [-0.15, -0.1) is 0 Å². The summed E-state index contributed by atoms with van der Waals surface area (Å²) in [6, 6.07) is 0. The molecule has 0 spiro atoms. The molecule has 0 heterocycles. The van der Waals surface area contributed by atoms with E-state index in [1.807, 2.05) is 0 Å². The van der Waals surface area contributed by atoms with Crippen molar-refractivity contribution in [1.29, 1.82) is 0 Å². The molecule has 0 aliphatic heterocycles. The van der Waals surface area contributed by atoms with E-state index in [0.29, 0.717) is 6.29 Å². The first-order valence-electron chi connectivity index (χ1n) is 2.63. The zero-order valence-electron chi connectivity index (χ0n) is 5.43. The summed E-state index contributed by atoms with van der Waals surface area (Å²) in [6.07, 6.45) is -0.191. The molecule has 0 aliphatic carbocycles. The van der Waals surface area contributed by atoms with Gasteiger partial charge in [0.25, 0.3) is 0 Å². The summed E-state index contributed by atoms with van der Waals surface area (Å²) < 4.78 is 14.2. The average molecular weight is 168 g/mol. The Morgan fingerprint density at radius 3 is 2.50 bits per heavy atom. The molecule has 10 heavy (non-hydrogen) atoms. The van der Waals surface area contributed by atoms with Gasteiger partial charge in [-0.2, -0.15) is 0 Å². The normalized spacial score (nSPS) is 14.7. The SMILES string of the molecule is CC(CC=O)OP(=O)(O)O. The lowest BCUT2D eigenvalue weighted by Gasteiger charge is -2.09. The number of rotatable bonds is 4. The van der Waals surface area contributed by atoms with Crippen LogP contribution in [0.3, 0.4) is 0 Å². The molecule has 0 saturated heterocycles. The van der Waals surface area contributed by atoms with Crippen LogP contribution in [0.15, 0.2) is 0 Å². The molecule has 6 heteroatoms. The minimum atomic E-state index is -4.41. The molecule has 60 valence electrons. The van der Waals surface area contributed by atoms with Crippen LogP contribution in [-0.4, -0.2) is 22.2 Å². The van der Waals surface area contributed by atoms with Crippen molar-refractivity contribution in [3.05, 3.63) is 0 Å². The number of phosphoric ester groups is 1. The molecule has 0 saturated carbocycles. The maximum absolute atomic E-state index is 10.1. The lowest BCUT2D eigenvalue weighted by Crippen LogP contribution is -2.06. The Morgan fingerprint density at radius 1 is 1.70 bits per heavy atom. The van der Waals surface area contributed by atoms with E-state index < -0.39 is 13.9 Å². The number of hydrogen-bond acceptors (Lipinski definition) is 3. The summed E-state index contributed by atoms with van der Waals surface area (Å²) in [7, 11) is -4.41. The summed E-state index contributed by atoms with van der Waals surface area (Å²) in [4.78, 5) is 26.1. The van der Waals surface area contributed by atoms with E-state index in [1.165, 1.54) is 6.92 Å². The molecule has 2 N–H and O–H groups in total. The highest BCUT2D eigenvalue weighted by molar-refractivity contribution is 7.46. The molecule has 0 amide bonds. The second-order valence-electron chi connectivity index (χ2n) is 1.81. The minimum absolute atomic E-state index is 0.00882. The van der Waals surface area contributed by atoms with E-state index in [-0.39, 0.29) is 6.42 Å². The quantitative estimate of drug-likeness (QED) is 0.458. The van der Waals surface area contributed by atoms with Crippen molar-refractivity contribution in [3.8, 4) is 0 Å². The van der Waals surface area contributed by atoms with E-state index in [0.717, 1.165) is 0 Å². The highest BCUT2D eigenvalue weighted by Gasteiger charge is 2.17. The van der Waals surface area contributed by atoms with Crippen molar-refractivity contribution in [1.82, 2.24) is 0 Å². The summed E-state index contributed by atoms with van der Waals surface area (Å²) in [6.45, 7) is 1.41. The van der Waals surface area contributed by atoms with Crippen LogP contribution in [0.25, 0.3) is 0 Å². The average Bonchev–Trinajstić information content (AvgIpc) is 1.59. The number of aldehydes is 1. The Hall–Kier alpha value is -0.220. The van der Waals surface area contributed by atoms with Gasteiger partial charge in [0, 0.05) is 6.42 Å². The van der Waals surface area contributed by atoms with E-state index in [4.69, 9.17) is 9.79 Å². The monoisotopic (exact) mass is 168 g/mol. The zero-order valence-corrected chi connectivity index (χ0v) is 6.32. The second kappa shape index (κ2) is 3.83. The number of hydrogen-bond donors (Lipinski definition) is 2. The van der Waals surface area contributed by atoms with Gasteiger partial charge >= 0.3 is 7.82 Å². The van der Waals surface area contributed by atoms with Crippen LogP contribution in [0, 0.1) is 0 Å². The van der Waals surface area contributed by atoms with Crippen LogP contribution in [0.4, 0.5) is 0 Å². The van der Waals surface area contributed by atoms with Crippen molar-refractivity contribution in [2.45, 2.75) is 19.4 Å². The second-order valence-corrected chi connectivity index (χ2v) is 3.00. The number of carbonyl (C=O) groups excluding carboxylic acids is 1. The van der Waals surface area contributed by atoms with Crippen LogP contribution in [0.1, 0.15) is 13.3 Å². The molecule has 0 fully saturated rings. The summed E-state index contributed by atoms with van der Waals surface area (Å²) >= 11 is 0. The van der Waals surface area contributed by atoms with Crippen molar-refractivity contribution in [2.24, 2.45) is 0 Å². The molecule has 1 atom stereocenters. The van der Waals surface area contributed by atoms with Crippen molar-refractivity contribution in [2.75, 3.05) is 0 Å². The molecule has 0 aromatic rings. The van der Waals surface area contributed by atoms with Crippen LogP contribution < -0.4 is 0 Å². The standard InChI is InChI=1S/C4H9O5P/c1-4(2-3-5)9-10(6,7)8/h3-4H,2H2,1H3,(H2,6,7,8). The topological polar surface area (TPSA) is 83.8 Å². The Morgan fingerprint density at radius 2 is 2.20 bits per heavy atom. The van der Waals surface area contributed by atoms with Crippen molar-refractivity contribution in [3.63, 3.8) is 0 Å². The van der Waals surface area contributed by atoms with Gasteiger partial charge in [0.15, 0.2) is 0 Å². The lowest BCUT2D eigenvalue weighted by atomic mass is 10.3. The third-order valence-corrected chi connectivity index (χ3v) is 1.38. The molecule has 0 aliphatic rings. The van der Waals surface area contributed by atoms with Crippen LogP contribution in [-0.2, 0) is 13.9 Å². The van der Waals surface area contributed by atoms with Gasteiger partial charge < -0.3 is 14.6 Å². The largest absolute Gasteiger partial charge is 0.469 e. The van der Waals surface area contributed by atoms with Crippen LogP contribution in [0.5, 0.6) is 0 Å². The molecular formula is C4H9O5P. The van der Waals surface area contributed by atoms with Crippen LogP contribution >= 0.6 is 7.82 Å². The Kier molecular flexibility index (Phi) is 3.75. The van der Waals surface area contributed by atoms with Crippen molar-refractivity contribution >= 4 is 14.1 Å². The van der Waals surface area contributed by atoms with Gasteiger partial charge in [0.05, 0.1) is 6.10 Å². The van der Waals surface area contributed by atoms with E-state index in [9.17, 15) is 9.36 Å². The Balaban J connectivity index is 3.68. The first-order chi connectivity index (χ1) is 4.45. The van der Waals surface area contributed by atoms with Gasteiger partial charge in [-0.3, -0.25) is 4.52 Å². The summed E-state index contributed by atoms with van der Waals surface area (Å²) in [5.41, 5.74) is 0. The predicted octanol–water partition coefficient (Wildman–Crippen LogP) is 0.0732. The molecule has 0 bridgehead atoms. The maximum Gasteiger partial charge on any atom is 0.469 e. The highest BCUT2D eigenvalue weighted by Crippen LogP contribution is 2.37. The fourth-order valence-corrected chi connectivity index (χ4v) is 0.968. The Labute approximate surface area is 58.2 Å². The molecule has 1 unspecified atom stereocenters. The van der Waals surface area contributed by atoms with Gasteiger partial charge in [0.2, 0.25) is 0 Å². The fraction of sp³-hybridized carbons (Fsp3) is 0.750. The van der Waals surface area contributed by atoms with Gasteiger partial charge in [-0.1, -0.05) is 0 Å². The summed E-state index contributed by atoms with van der Waals surface area (Å²) in [5.74, 6) is 0. The molecule has 0 rings (SSSR count). The first kappa shape index (κ1) is 9.78. The smallest absolute Gasteiger partial charge is 0.303 e. The van der Waals surface area contributed by atoms with Crippen molar-refractivity contribution < 1.29 is 23.7 Å². The molecule has 0 radical (unpaired) electrons. The molecular weight excluding hydrogens is 159 g/mol. The van der Waals surface area contributed by atoms with E-state index >= 15 is 0 Å². The lowest BCUT2D eigenvalue weighted by molar-refractivity contribution is -0.109. The Bertz CT molecular complexity index is 150. The number of carbonyl (C=O) groups is 1. The van der Waals surface area contributed by atoms with Gasteiger partial charge in [0.1, 0.15) is 6.29 Å². The maximum atomic E-state index is 10.1. The predicted molar refractivity (Wildman–Crippen MR) is 33.3 cm³/mol. The summed E-state index contributed by atoms with van der Waals surface area (Å²) in [5, 5.41) is 0. The third-order valence-electron chi connectivity index (χ3n) is 0.745. The third kappa shape index (κ3) is 5.91. The van der Waals surface area contributed by atoms with E-state index in [1.54, 1.807) is 0 Å². The van der Waals surface area contributed by atoms with Gasteiger partial charge in [-0.25, -0.2) is 4.57 Å². The minimum Gasteiger partial charge on any atom is -0.303 e. The van der Waals surface area contributed by atoms with Gasteiger partial charge in [-0.05, 0) is 6.92 Å². The molecule has 5 nitrogen and oxygen atoms in total. The molecule has 0 aromatic heterocycles. The first-order valence-corrected chi connectivity index (χ1v) is 4.16. The fourth-order valence-electron chi connectivity index (χ4n) is 0.413. The highest BCUT2D eigenvalue weighted by atomic mass is 31.2. The number of phosphoric acid groups is 1. The molecule has 0 aromatic carbocycles. The van der Waals surface area contributed by atoms with Crippen LogP contribution in [0.2, 0.25) is 0 Å². The zero-order chi connectivity index (χ0) is 8.20. The van der Waals surface area contributed by atoms with E-state index in [2.05, 4.69) is 4.52 Å².